The van der Waals surface area contributed by atoms with Crippen molar-refractivity contribution < 1.29 is 51.8 Å². The summed E-state index contributed by atoms with van der Waals surface area (Å²) in [6.07, 6.45) is 33.9. The Kier molecular flexibility index (Phi) is 42.1. The minimum absolute atomic E-state index is 0. The maximum absolute atomic E-state index is 10.1. The van der Waals surface area contributed by atoms with Gasteiger partial charge in [-0.15, -0.1) is 0 Å². The van der Waals surface area contributed by atoms with Crippen LogP contribution >= 0.6 is 0 Å². The quantitative estimate of drug-likeness (QED) is 0.0504. The molecule has 37 heavy (non-hydrogen) atoms. The second kappa shape index (κ2) is 36.8. The Morgan fingerprint density at radius 1 is 0.486 bits per heavy atom. The summed E-state index contributed by atoms with van der Waals surface area (Å²) in [5.41, 5.74) is 0. The molecule has 0 amide bonds. The molecule has 7 heteroatoms. The van der Waals surface area contributed by atoms with Gasteiger partial charge in [0.15, 0.2) is 0 Å². The molecule has 1 N–H and O–H groups in total. The maximum Gasteiger partial charge on any atom is 1.00 e. The molecular weight excluding hydrogens is 495 g/mol. The van der Waals surface area contributed by atoms with E-state index in [0.29, 0.717) is 13.0 Å². The normalized spacial score (nSPS) is 11.1. The van der Waals surface area contributed by atoms with E-state index in [0.717, 1.165) is 19.3 Å². The van der Waals surface area contributed by atoms with E-state index in [1.165, 1.54) is 141 Å². The zero-order valence-electron chi connectivity index (χ0n) is 25.3. The molecule has 0 aromatic rings. The van der Waals surface area contributed by atoms with Gasteiger partial charge in [0.05, 0.1) is 6.61 Å². The standard InChI is InChI=1S/C18H38O.C12H26O4S.Na/c1-2-3-4-5-6-7-8-9-10-11-12-13-14-15-16-17-18-19;1-2-3-4-5-6-7-8-9-10-11-12-16-17(13,14)15;/h19H,2-18H2,1H3;2-12H2,1H3,(H,13,14,15);/q;;+1/p-1. The molecule has 0 aromatic heterocycles. The molecule has 0 aliphatic rings. The maximum atomic E-state index is 10.1. The molecule has 0 radical (unpaired) electrons. The fourth-order valence-corrected chi connectivity index (χ4v) is 4.73. The van der Waals surface area contributed by atoms with Gasteiger partial charge in [0.2, 0.25) is 10.4 Å². The molecule has 0 aromatic carbocycles. The van der Waals surface area contributed by atoms with Crippen LogP contribution < -0.4 is 29.6 Å². The molecule has 0 saturated carbocycles. The van der Waals surface area contributed by atoms with Gasteiger partial charge in [-0.3, -0.25) is 4.18 Å². The minimum atomic E-state index is -4.48. The summed E-state index contributed by atoms with van der Waals surface area (Å²) in [5, 5.41) is 8.67. The average Bonchev–Trinajstić information content (AvgIpc) is 2.85. The van der Waals surface area contributed by atoms with E-state index in [9.17, 15) is 13.0 Å². The van der Waals surface area contributed by atoms with Crippen LogP contribution in [0.5, 0.6) is 0 Å². The van der Waals surface area contributed by atoms with E-state index in [1.54, 1.807) is 0 Å². The van der Waals surface area contributed by atoms with Crippen molar-refractivity contribution in [2.24, 2.45) is 0 Å². The van der Waals surface area contributed by atoms with Crippen LogP contribution in [0.1, 0.15) is 181 Å². The summed E-state index contributed by atoms with van der Waals surface area (Å²) in [7, 11) is -4.48. The molecule has 0 aliphatic heterocycles. The third-order valence-corrected chi connectivity index (χ3v) is 7.19. The Morgan fingerprint density at radius 3 is 0.973 bits per heavy atom. The molecule has 0 heterocycles. The molecule has 0 rings (SSSR count). The molecule has 220 valence electrons. The smallest absolute Gasteiger partial charge is 0.726 e. The fourth-order valence-electron chi connectivity index (χ4n) is 4.41. The topological polar surface area (TPSA) is 86.7 Å². The van der Waals surface area contributed by atoms with Gasteiger partial charge in [-0.05, 0) is 12.8 Å². The van der Waals surface area contributed by atoms with Crippen molar-refractivity contribution >= 4 is 10.4 Å². The van der Waals surface area contributed by atoms with E-state index in [-0.39, 0.29) is 36.2 Å². The summed E-state index contributed by atoms with van der Waals surface area (Å²) < 4.78 is 34.5. The Hall–Kier alpha value is 0.830. The van der Waals surface area contributed by atoms with Gasteiger partial charge in [-0.2, -0.15) is 0 Å². The third-order valence-electron chi connectivity index (χ3n) is 6.74. The summed E-state index contributed by atoms with van der Waals surface area (Å²) in [6.45, 7) is 4.90. The zero-order valence-corrected chi connectivity index (χ0v) is 28.1. The van der Waals surface area contributed by atoms with E-state index >= 15 is 0 Å². The molecular formula is C30H63NaO5S. The largest absolute Gasteiger partial charge is 1.00 e. The van der Waals surface area contributed by atoms with Crippen LogP contribution in [-0.4, -0.2) is 31.3 Å². The number of rotatable bonds is 28. The van der Waals surface area contributed by atoms with Crippen LogP contribution in [0.15, 0.2) is 0 Å². The van der Waals surface area contributed by atoms with Gasteiger partial charge in [-0.25, -0.2) is 8.42 Å². The van der Waals surface area contributed by atoms with Crippen molar-refractivity contribution in [1.29, 1.82) is 0 Å². The molecule has 0 spiro atoms. The van der Waals surface area contributed by atoms with Crippen molar-refractivity contribution in [3.05, 3.63) is 0 Å². The van der Waals surface area contributed by atoms with Crippen LogP contribution in [0.25, 0.3) is 0 Å². The molecule has 0 bridgehead atoms. The molecule has 0 aliphatic carbocycles. The molecule has 5 nitrogen and oxygen atoms in total. The number of hydrogen-bond donors (Lipinski definition) is 1. The monoisotopic (exact) mass is 558 g/mol. The van der Waals surface area contributed by atoms with E-state index < -0.39 is 10.4 Å². The van der Waals surface area contributed by atoms with Gasteiger partial charge < -0.3 is 9.66 Å². The SMILES string of the molecule is CCCCCCCCCCCCCCCCCCO.CCCCCCCCCCCCOS(=O)(=O)[O-].[Na+]. The molecule has 0 fully saturated rings. The Bertz CT molecular complexity index is 472. The van der Waals surface area contributed by atoms with Crippen LogP contribution in [0.2, 0.25) is 0 Å². The van der Waals surface area contributed by atoms with Gasteiger partial charge in [0.25, 0.3) is 0 Å². The van der Waals surface area contributed by atoms with Crippen LogP contribution in [0.4, 0.5) is 0 Å². The summed E-state index contributed by atoms with van der Waals surface area (Å²) in [6, 6.07) is 0. The van der Waals surface area contributed by atoms with Crippen molar-refractivity contribution in [1.82, 2.24) is 0 Å². The van der Waals surface area contributed by atoms with Gasteiger partial charge in [0, 0.05) is 6.61 Å². The van der Waals surface area contributed by atoms with Crippen molar-refractivity contribution in [3.63, 3.8) is 0 Å². The Balaban J connectivity index is -0.000000612. The first-order valence-corrected chi connectivity index (χ1v) is 17.0. The third kappa shape index (κ3) is 47.0. The zero-order chi connectivity index (χ0) is 27.0. The van der Waals surface area contributed by atoms with Gasteiger partial charge >= 0.3 is 29.6 Å². The molecule has 0 saturated heterocycles. The summed E-state index contributed by atoms with van der Waals surface area (Å²) in [4.78, 5) is 0. The van der Waals surface area contributed by atoms with Crippen molar-refractivity contribution in [2.45, 2.75) is 181 Å². The van der Waals surface area contributed by atoms with Crippen LogP contribution in [0.3, 0.4) is 0 Å². The van der Waals surface area contributed by atoms with Crippen molar-refractivity contribution in [2.75, 3.05) is 13.2 Å². The number of aliphatic hydroxyl groups is 1. The van der Waals surface area contributed by atoms with E-state index in [4.69, 9.17) is 5.11 Å². The fraction of sp³-hybridized carbons (Fsp3) is 1.00. The Morgan fingerprint density at radius 2 is 0.730 bits per heavy atom. The summed E-state index contributed by atoms with van der Waals surface area (Å²) >= 11 is 0. The number of aliphatic hydroxyl groups excluding tert-OH is 1. The first-order valence-electron chi connectivity index (χ1n) is 15.7. The predicted molar refractivity (Wildman–Crippen MR) is 154 cm³/mol. The van der Waals surface area contributed by atoms with Crippen molar-refractivity contribution in [3.8, 4) is 0 Å². The predicted octanol–water partition coefficient (Wildman–Crippen LogP) is 6.63. The van der Waals surface area contributed by atoms with Gasteiger partial charge in [0.1, 0.15) is 0 Å². The molecule has 0 atom stereocenters. The second-order valence-electron chi connectivity index (χ2n) is 10.4. The second-order valence-corrected chi connectivity index (χ2v) is 11.5. The van der Waals surface area contributed by atoms with E-state index in [2.05, 4.69) is 18.0 Å². The summed E-state index contributed by atoms with van der Waals surface area (Å²) in [5.74, 6) is 0. The van der Waals surface area contributed by atoms with Gasteiger partial charge in [-0.1, -0.05) is 168 Å². The van der Waals surface area contributed by atoms with E-state index in [1.807, 2.05) is 0 Å². The number of hydrogen-bond acceptors (Lipinski definition) is 5. The average molecular weight is 559 g/mol. The minimum Gasteiger partial charge on any atom is -0.726 e. The number of unbranched alkanes of at least 4 members (excludes halogenated alkanes) is 24. The van der Waals surface area contributed by atoms with Crippen LogP contribution in [0, 0.1) is 0 Å². The Labute approximate surface area is 254 Å². The first kappa shape index (κ1) is 42.3. The first-order chi connectivity index (χ1) is 17.5. The molecule has 0 unspecified atom stereocenters. The van der Waals surface area contributed by atoms with Crippen LogP contribution in [-0.2, 0) is 14.6 Å².